The molecule has 1 aliphatic heterocycles. The number of hydrogen-bond donors (Lipinski definition) is 1. The molecule has 1 saturated heterocycles. The van der Waals surface area contributed by atoms with Crippen molar-refractivity contribution in [1.82, 2.24) is 20.2 Å². The highest BCUT2D eigenvalue weighted by Crippen LogP contribution is 2.30. The van der Waals surface area contributed by atoms with Gasteiger partial charge in [0.1, 0.15) is 5.82 Å². The van der Waals surface area contributed by atoms with Crippen LogP contribution in [0, 0.1) is 22.9 Å². The van der Waals surface area contributed by atoms with Crippen molar-refractivity contribution in [2.24, 2.45) is 0 Å². The molecule has 3 heterocycles. The van der Waals surface area contributed by atoms with Crippen LogP contribution in [0.4, 0.5) is 10.1 Å². The summed E-state index contributed by atoms with van der Waals surface area (Å²) in [4.78, 5) is 46.1. The number of pyridine rings is 2. The lowest BCUT2D eigenvalue weighted by molar-refractivity contribution is -0.385. The van der Waals surface area contributed by atoms with Crippen molar-refractivity contribution in [2.75, 3.05) is 13.1 Å². The summed E-state index contributed by atoms with van der Waals surface area (Å²) < 4.78 is 14.3. The molecule has 1 aromatic carbocycles. The minimum Gasteiger partial charge on any atom is -0.348 e. The minimum atomic E-state index is -0.917. The van der Waals surface area contributed by atoms with Gasteiger partial charge < -0.3 is 10.2 Å². The molecule has 0 atom stereocenters. The van der Waals surface area contributed by atoms with Gasteiger partial charge >= 0.3 is 0 Å². The summed E-state index contributed by atoms with van der Waals surface area (Å²) in [5, 5.41) is 13.7. The molecular formula is C25H24FN5O4. The van der Waals surface area contributed by atoms with Crippen molar-refractivity contribution in [1.29, 1.82) is 0 Å². The predicted octanol–water partition coefficient (Wildman–Crippen LogP) is 3.78. The molecule has 3 aromatic rings. The maximum Gasteiger partial charge on any atom is 0.272 e. The van der Waals surface area contributed by atoms with E-state index in [9.17, 15) is 24.1 Å². The number of aryl methyl sites for hydroxylation is 1. The molecule has 9 nitrogen and oxygen atoms in total. The molecule has 0 unspecified atom stereocenters. The van der Waals surface area contributed by atoms with Crippen LogP contribution in [0.3, 0.4) is 0 Å². The maximum atomic E-state index is 14.3. The van der Waals surface area contributed by atoms with Crippen LogP contribution < -0.4 is 5.32 Å². The molecule has 1 N–H and O–H groups in total. The van der Waals surface area contributed by atoms with E-state index in [0.29, 0.717) is 43.7 Å². The summed E-state index contributed by atoms with van der Waals surface area (Å²) in [7, 11) is 0. The minimum absolute atomic E-state index is 0.0419. The Labute approximate surface area is 201 Å². The van der Waals surface area contributed by atoms with E-state index in [1.54, 1.807) is 30.6 Å². The molecule has 0 saturated carbocycles. The van der Waals surface area contributed by atoms with E-state index >= 15 is 0 Å². The summed E-state index contributed by atoms with van der Waals surface area (Å²) in [6.07, 6.45) is 4.47. The van der Waals surface area contributed by atoms with Gasteiger partial charge in [-0.15, -0.1) is 0 Å². The first-order valence-electron chi connectivity index (χ1n) is 11.2. The molecule has 180 valence electrons. The lowest BCUT2D eigenvalue weighted by Crippen LogP contribution is -2.39. The maximum absolute atomic E-state index is 14.3. The molecule has 1 aliphatic rings. The third-order valence-electron chi connectivity index (χ3n) is 6.05. The predicted molar refractivity (Wildman–Crippen MR) is 125 cm³/mol. The Morgan fingerprint density at radius 3 is 2.57 bits per heavy atom. The lowest BCUT2D eigenvalue weighted by Gasteiger charge is -2.32. The van der Waals surface area contributed by atoms with E-state index in [2.05, 4.69) is 15.3 Å². The van der Waals surface area contributed by atoms with Gasteiger partial charge in [0, 0.05) is 49.7 Å². The van der Waals surface area contributed by atoms with Gasteiger partial charge in [-0.2, -0.15) is 0 Å². The van der Waals surface area contributed by atoms with Gasteiger partial charge in [-0.25, -0.2) is 4.39 Å². The van der Waals surface area contributed by atoms with Crippen LogP contribution in [0.5, 0.6) is 0 Å². The number of nitrogens with one attached hydrogen (secondary N) is 1. The fourth-order valence-corrected chi connectivity index (χ4v) is 4.18. The average Bonchev–Trinajstić information content (AvgIpc) is 2.87. The van der Waals surface area contributed by atoms with Gasteiger partial charge in [-0.05, 0) is 49.6 Å². The highest BCUT2D eigenvalue weighted by molar-refractivity contribution is 5.96. The molecule has 10 heteroatoms. The molecule has 2 aromatic heterocycles. The zero-order chi connectivity index (χ0) is 24.9. The summed E-state index contributed by atoms with van der Waals surface area (Å²) in [5.74, 6) is -1.70. The van der Waals surface area contributed by atoms with Crippen molar-refractivity contribution in [3.8, 4) is 0 Å². The number of carbonyl (C=O) groups is 2. The van der Waals surface area contributed by atoms with Crippen LogP contribution in [0.15, 0.2) is 54.9 Å². The summed E-state index contributed by atoms with van der Waals surface area (Å²) in [6.45, 7) is 2.91. The summed E-state index contributed by atoms with van der Waals surface area (Å²) in [5.41, 5.74) is 2.24. The van der Waals surface area contributed by atoms with Gasteiger partial charge in [-0.3, -0.25) is 29.7 Å². The van der Waals surface area contributed by atoms with Crippen molar-refractivity contribution in [3.05, 3.63) is 98.9 Å². The number of nitro groups is 1. The Morgan fingerprint density at radius 1 is 1.17 bits per heavy atom. The van der Waals surface area contributed by atoms with Crippen LogP contribution in [0.25, 0.3) is 0 Å². The number of nitro benzene ring substituents is 1. The third kappa shape index (κ3) is 5.48. The number of non-ortho nitro benzene ring substituents is 1. The molecule has 1 fully saturated rings. The zero-order valence-corrected chi connectivity index (χ0v) is 19.1. The van der Waals surface area contributed by atoms with E-state index in [-0.39, 0.29) is 17.4 Å². The number of likely N-dealkylation sites (tertiary alicyclic amines) is 1. The largest absolute Gasteiger partial charge is 0.348 e. The zero-order valence-electron chi connectivity index (χ0n) is 19.1. The fourth-order valence-electron chi connectivity index (χ4n) is 4.18. The van der Waals surface area contributed by atoms with Gasteiger partial charge in [0.15, 0.2) is 0 Å². The quantitative estimate of drug-likeness (QED) is 0.426. The van der Waals surface area contributed by atoms with E-state index in [1.807, 2.05) is 13.0 Å². The first-order chi connectivity index (χ1) is 16.8. The lowest BCUT2D eigenvalue weighted by atomic mass is 9.89. The second-order valence-electron chi connectivity index (χ2n) is 8.42. The number of piperidine rings is 1. The number of nitrogens with zero attached hydrogens (tertiary/aromatic N) is 4. The van der Waals surface area contributed by atoms with Gasteiger partial charge in [0.05, 0.1) is 27.8 Å². The standard InChI is InChI=1S/C25H24FN5O4/c1-16-4-6-21(24(32)28-15-17-3-2-10-27-14-17)23(29-16)18-8-11-30(12-9-18)25(33)20-7-5-19(31(34)35)13-22(20)26/h2-7,10,13-14,18H,8-9,11-12,15H2,1H3,(H,28,32). The Balaban J connectivity index is 1.44. The molecule has 2 amide bonds. The van der Waals surface area contributed by atoms with E-state index in [4.69, 9.17) is 0 Å². The first-order valence-corrected chi connectivity index (χ1v) is 11.2. The van der Waals surface area contributed by atoms with Gasteiger partial charge in [0.2, 0.25) is 0 Å². The number of rotatable bonds is 6. The van der Waals surface area contributed by atoms with E-state index in [1.165, 1.54) is 4.90 Å². The van der Waals surface area contributed by atoms with Crippen LogP contribution in [0.2, 0.25) is 0 Å². The SMILES string of the molecule is Cc1ccc(C(=O)NCc2cccnc2)c(C2CCN(C(=O)c3ccc([N+](=O)[O-])cc3F)CC2)n1. The smallest absolute Gasteiger partial charge is 0.272 e. The monoisotopic (exact) mass is 477 g/mol. The number of amides is 2. The molecule has 0 bridgehead atoms. The van der Waals surface area contributed by atoms with Crippen LogP contribution in [0.1, 0.15) is 56.4 Å². The Kier molecular flexibility index (Phi) is 7.09. The molecule has 4 rings (SSSR count). The number of benzene rings is 1. The topological polar surface area (TPSA) is 118 Å². The fraction of sp³-hybridized carbons (Fsp3) is 0.280. The van der Waals surface area contributed by atoms with Crippen molar-refractivity contribution < 1.29 is 18.9 Å². The van der Waals surface area contributed by atoms with Crippen LogP contribution >= 0.6 is 0 Å². The van der Waals surface area contributed by atoms with Crippen molar-refractivity contribution in [2.45, 2.75) is 32.2 Å². The number of hydrogen-bond acceptors (Lipinski definition) is 6. The van der Waals surface area contributed by atoms with E-state index < -0.39 is 22.3 Å². The Hall–Kier alpha value is -4.21. The summed E-state index contributed by atoms with van der Waals surface area (Å²) >= 11 is 0. The highest BCUT2D eigenvalue weighted by Gasteiger charge is 2.29. The molecule has 0 radical (unpaired) electrons. The van der Waals surface area contributed by atoms with Gasteiger partial charge in [-0.1, -0.05) is 6.07 Å². The Bertz CT molecular complexity index is 1260. The second kappa shape index (κ2) is 10.4. The highest BCUT2D eigenvalue weighted by atomic mass is 19.1. The van der Waals surface area contributed by atoms with Crippen molar-refractivity contribution >= 4 is 17.5 Å². The second-order valence-corrected chi connectivity index (χ2v) is 8.42. The molecule has 35 heavy (non-hydrogen) atoms. The molecule has 0 aliphatic carbocycles. The van der Waals surface area contributed by atoms with Crippen LogP contribution in [-0.4, -0.2) is 44.7 Å². The number of carbonyl (C=O) groups excluding carboxylic acids is 2. The molecular weight excluding hydrogens is 453 g/mol. The first kappa shape index (κ1) is 23.9. The van der Waals surface area contributed by atoms with Crippen molar-refractivity contribution in [3.63, 3.8) is 0 Å². The summed E-state index contributed by atoms with van der Waals surface area (Å²) in [6, 6.07) is 10.3. The number of aromatic nitrogens is 2. The Morgan fingerprint density at radius 2 is 1.91 bits per heavy atom. The molecule has 0 spiro atoms. The average molecular weight is 477 g/mol. The van der Waals surface area contributed by atoms with E-state index in [0.717, 1.165) is 29.5 Å². The number of halogens is 1. The normalized spacial score (nSPS) is 13.9. The van der Waals surface area contributed by atoms with Crippen LogP contribution in [-0.2, 0) is 6.54 Å². The van der Waals surface area contributed by atoms with Gasteiger partial charge in [0.25, 0.3) is 17.5 Å². The third-order valence-corrected chi connectivity index (χ3v) is 6.05.